The number of H-pyrrole nitrogens is 1. The van der Waals surface area contributed by atoms with E-state index >= 15 is 0 Å². The lowest BCUT2D eigenvalue weighted by molar-refractivity contribution is 0.148. The Bertz CT molecular complexity index is 488. The van der Waals surface area contributed by atoms with Crippen LogP contribution in [0.25, 0.3) is 11.0 Å². The molecule has 1 amide bonds. The van der Waals surface area contributed by atoms with Crippen molar-refractivity contribution >= 4 is 17.1 Å². The maximum absolute atomic E-state index is 11.3. The first-order chi connectivity index (χ1) is 8.20. The first-order valence-corrected chi connectivity index (χ1v) is 5.58. The minimum absolute atomic E-state index is 0.207. The number of alkyl carbamates (subject to hydrolysis) is 1. The number of rotatable bonds is 3. The van der Waals surface area contributed by atoms with Gasteiger partial charge in [0.05, 0.1) is 23.7 Å². The van der Waals surface area contributed by atoms with Gasteiger partial charge in [-0.15, -0.1) is 0 Å². The Kier molecular flexibility index (Phi) is 3.27. The molecule has 0 fully saturated rings. The van der Waals surface area contributed by atoms with Gasteiger partial charge in [-0.25, -0.2) is 9.78 Å². The zero-order valence-electron chi connectivity index (χ0n) is 9.86. The molecule has 1 unspecified atom stereocenters. The number of para-hydroxylation sites is 2. The number of nitrogens with zero attached hydrogens (tertiary/aromatic N) is 1. The number of ether oxygens (including phenoxy) is 1. The zero-order chi connectivity index (χ0) is 12.3. The van der Waals surface area contributed by atoms with Crippen LogP contribution in [0.3, 0.4) is 0 Å². The number of fused-ring (bicyclic) bond motifs is 1. The van der Waals surface area contributed by atoms with Crippen LogP contribution in [0.15, 0.2) is 24.3 Å². The van der Waals surface area contributed by atoms with Gasteiger partial charge in [-0.1, -0.05) is 12.1 Å². The van der Waals surface area contributed by atoms with Crippen LogP contribution in [0.1, 0.15) is 25.7 Å². The molecule has 0 aliphatic rings. The monoisotopic (exact) mass is 233 g/mol. The number of carbonyl (C=O) groups is 1. The highest BCUT2D eigenvalue weighted by atomic mass is 16.5. The Labute approximate surface area is 99.2 Å². The average molecular weight is 233 g/mol. The fraction of sp³-hybridized carbons (Fsp3) is 0.333. The minimum atomic E-state index is -0.430. The highest BCUT2D eigenvalue weighted by Crippen LogP contribution is 2.15. The van der Waals surface area contributed by atoms with E-state index < -0.39 is 6.09 Å². The molecule has 1 heterocycles. The molecular weight excluding hydrogens is 218 g/mol. The topological polar surface area (TPSA) is 67.0 Å². The summed E-state index contributed by atoms with van der Waals surface area (Å²) >= 11 is 0. The normalized spacial score (nSPS) is 12.4. The van der Waals surface area contributed by atoms with Gasteiger partial charge in [0.1, 0.15) is 5.82 Å². The van der Waals surface area contributed by atoms with Gasteiger partial charge in [-0.3, -0.25) is 0 Å². The molecule has 0 aliphatic heterocycles. The second-order valence-corrected chi connectivity index (χ2v) is 3.73. The van der Waals surface area contributed by atoms with Crippen molar-refractivity contribution in [2.24, 2.45) is 0 Å². The largest absolute Gasteiger partial charge is 0.450 e. The molecule has 0 saturated carbocycles. The summed E-state index contributed by atoms with van der Waals surface area (Å²) in [6, 6.07) is 7.53. The smallest absolute Gasteiger partial charge is 0.407 e. The summed E-state index contributed by atoms with van der Waals surface area (Å²) in [6.45, 7) is 3.98. The van der Waals surface area contributed by atoms with E-state index in [2.05, 4.69) is 15.3 Å². The number of imidazole rings is 1. The highest BCUT2D eigenvalue weighted by Gasteiger charge is 2.13. The minimum Gasteiger partial charge on any atom is -0.450 e. The van der Waals surface area contributed by atoms with Gasteiger partial charge in [0.15, 0.2) is 0 Å². The summed E-state index contributed by atoms with van der Waals surface area (Å²) in [5.41, 5.74) is 1.85. The predicted molar refractivity (Wildman–Crippen MR) is 64.7 cm³/mol. The molecule has 1 atom stereocenters. The van der Waals surface area contributed by atoms with Gasteiger partial charge in [-0.05, 0) is 26.0 Å². The van der Waals surface area contributed by atoms with Crippen molar-refractivity contribution < 1.29 is 9.53 Å². The van der Waals surface area contributed by atoms with Gasteiger partial charge in [0.25, 0.3) is 0 Å². The predicted octanol–water partition coefficient (Wildman–Crippen LogP) is 2.37. The molecule has 2 N–H and O–H groups in total. The van der Waals surface area contributed by atoms with Crippen LogP contribution in [-0.4, -0.2) is 22.7 Å². The van der Waals surface area contributed by atoms with E-state index in [4.69, 9.17) is 4.74 Å². The van der Waals surface area contributed by atoms with Crippen molar-refractivity contribution in [1.82, 2.24) is 15.3 Å². The molecule has 17 heavy (non-hydrogen) atoms. The van der Waals surface area contributed by atoms with Crippen LogP contribution in [0.4, 0.5) is 4.79 Å². The Balaban J connectivity index is 2.13. The summed E-state index contributed by atoms with van der Waals surface area (Å²) in [6.07, 6.45) is -0.430. The van der Waals surface area contributed by atoms with Crippen molar-refractivity contribution in [1.29, 1.82) is 0 Å². The molecule has 0 saturated heterocycles. The molecule has 0 spiro atoms. The van der Waals surface area contributed by atoms with Gasteiger partial charge < -0.3 is 15.0 Å². The van der Waals surface area contributed by atoms with Crippen LogP contribution >= 0.6 is 0 Å². The first kappa shape index (κ1) is 11.4. The third-order valence-corrected chi connectivity index (χ3v) is 2.43. The zero-order valence-corrected chi connectivity index (χ0v) is 9.86. The fourth-order valence-electron chi connectivity index (χ4n) is 1.60. The average Bonchev–Trinajstić information content (AvgIpc) is 2.72. The Morgan fingerprint density at radius 2 is 2.29 bits per heavy atom. The van der Waals surface area contributed by atoms with Crippen LogP contribution < -0.4 is 5.32 Å². The van der Waals surface area contributed by atoms with Gasteiger partial charge in [0.2, 0.25) is 0 Å². The SMILES string of the molecule is CCOC(=O)NC(C)c1nc2ccccc2[nH]1. The van der Waals surface area contributed by atoms with E-state index in [1.54, 1.807) is 6.92 Å². The van der Waals surface area contributed by atoms with Crippen LogP contribution in [0.5, 0.6) is 0 Å². The molecular formula is C12H15N3O2. The van der Waals surface area contributed by atoms with Crippen molar-refractivity contribution in [3.05, 3.63) is 30.1 Å². The Morgan fingerprint density at radius 1 is 1.53 bits per heavy atom. The number of benzene rings is 1. The Morgan fingerprint density at radius 3 is 3.00 bits per heavy atom. The number of hydrogen-bond donors (Lipinski definition) is 2. The molecule has 5 heteroatoms. The van der Waals surface area contributed by atoms with Crippen molar-refractivity contribution in [3.8, 4) is 0 Å². The number of hydrogen-bond acceptors (Lipinski definition) is 3. The Hall–Kier alpha value is -2.04. The van der Waals surface area contributed by atoms with Crippen molar-refractivity contribution in [2.45, 2.75) is 19.9 Å². The molecule has 2 aromatic rings. The highest BCUT2D eigenvalue weighted by molar-refractivity contribution is 5.75. The number of amides is 1. The lowest BCUT2D eigenvalue weighted by atomic mass is 10.3. The quantitative estimate of drug-likeness (QED) is 0.855. The second kappa shape index (κ2) is 4.86. The maximum atomic E-state index is 11.3. The number of carbonyl (C=O) groups excluding carboxylic acids is 1. The van der Waals surface area contributed by atoms with E-state index in [1.807, 2.05) is 31.2 Å². The first-order valence-electron chi connectivity index (χ1n) is 5.58. The van der Waals surface area contributed by atoms with Crippen LogP contribution in [0, 0.1) is 0 Å². The number of nitrogens with one attached hydrogen (secondary N) is 2. The molecule has 0 aliphatic carbocycles. The lowest BCUT2D eigenvalue weighted by Crippen LogP contribution is -2.27. The summed E-state index contributed by atoms with van der Waals surface area (Å²) in [4.78, 5) is 18.8. The molecule has 0 radical (unpaired) electrons. The van der Waals surface area contributed by atoms with Gasteiger partial charge in [-0.2, -0.15) is 0 Å². The van der Waals surface area contributed by atoms with E-state index in [9.17, 15) is 4.79 Å². The van der Waals surface area contributed by atoms with Crippen molar-refractivity contribution in [3.63, 3.8) is 0 Å². The maximum Gasteiger partial charge on any atom is 0.407 e. The fourth-order valence-corrected chi connectivity index (χ4v) is 1.60. The van der Waals surface area contributed by atoms with E-state index in [0.29, 0.717) is 6.61 Å². The second-order valence-electron chi connectivity index (χ2n) is 3.73. The summed E-state index contributed by atoms with van der Waals surface area (Å²) in [5.74, 6) is 0.722. The lowest BCUT2D eigenvalue weighted by Gasteiger charge is -2.10. The van der Waals surface area contributed by atoms with Crippen LogP contribution in [-0.2, 0) is 4.74 Å². The van der Waals surface area contributed by atoms with Crippen molar-refractivity contribution in [2.75, 3.05) is 6.61 Å². The van der Waals surface area contributed by atoms with Gasteiger partial charge >= 0.3 is 6.09 Å². The third-order valence-electron chi connectivity index (χ3n) is 2.43. The van der Waals surface area contributed by atoms with E-state index in [1.165, 1.54) is 0 Å². The molecule has 0 bridgehead atoms. The van der Waals surface area contributed by atoms with E-state index in [0.717, 1.165) is 16.9 Å². The molecule has 90 valence electrons. The van der Waals surface area contributed by atoms with E-state index in [-0.39, 0.29) is 6.04 Å². The molecule has 2 rings (SSSR count). The molecule has 5 nitrogen and oxygen atoms in total. The van der Waals surface area contributed by atoms with Crippen LogP contribution in [0.2, 0.25) is 0 Å². The number of aromatic amines is 1. The standard InChI is InChI=1S/C12H15N3O2/c1-3-17-12(16)13-8(2)11-14-9-6-4-5-7-10(9)15-11/h4-8H,3H2,1-2H3,(H,13,16)(H,14,15). The summed E-state index contributed by atoms with van der Waals surface area (Å²) in [5, 5.41) is 2.70. The molecule has 1 aromatic heterocycles. The summed E-state index contributed by atoms with van der Waals surface area (Å²) in [7, 11) is 0. The summed E-state index contributed by atoms with van der Waals surface area (Å²) < 4.78 is 4.82. The molecule has 1 aromatic carbocycles. The number of aromatic nitrogens is 2. The third kappa shape index (κ3) is 2.55. The van der Waals surface area contributed by atoms with Gasteiger partial charge in [0, 0.05) is 0 Å².